The first-order valence-electron chi connectivity index (χ1n) is 5.82. The lowest BCUT2D eigenvalue weighted by atomic mass is 10.1. The Kier molecular flexibility index (Phi) is 6.44. The van der Waals surface area contributed by atoms with Gasteiger partial charge in [-0.15, -0.1) is 23.7 Å². The Morgan fingerprint density at radius 1 is 1.50 bits per heavy atom. The number of hydrogen-bond donors (Lipinski definition) is 2. The summed E-state index contributed by atoms with van der Waals surface area (Å²) in [7, 11) is 1.61. The monoisotopic (exact) mass is 313 g/mol. The number of nitrogens with zero attached hydrogens (tertiary/aromatic N) is 1. The maximum absolute atomic E-state index is 12.0. The number of amides is 1. The summed E-state index contributed by atoms with van der Waals surface area (Å²) in [5.41, 5.74) is 8.37. The molecule has 1 heterocycles. The van der Waals surface area contributed by atoms with E-state index in [-0.39, 0.29) is 18.3 Å². The fourth-order valence-corrected chi connectivity index (χ4v) is 2.43. The highest BCUT2D eigenvalue weighted by Gasteiger charge is 2.16. The van der Waals surface area contributed by atoms with Gasteiger partial charge in [-0.2, -0.15) is 0 Å². The summed E-state index contributed by atoms with van der Waals surface area (Å²) in [6.07, 6.45) is 0. The van der Waals surface area contributed by atoms with Crippen molar-refractivity contribution in [2.24, 2.45) is 5.73 Å². The fourth-order valence-electron chi connectivity index (χ4n) is 1.65. The SMILES string of the molecule is COc1cccc(-c2scnc2C(=O)NCCN)c1.Cl. The zero-order valence-electron chi connectivity index (χ0n) is 11.0. The average Bonchev–Trinajstić information content (AvgIpc) is 2.94. The Bertz CT molecular complexity index is 574. The first-order chi connectivity index (χ1) is 9.26. The van der Waals surface area contributed by atoms with E-state index in [1.54, 1.807) is 12.6 Å². The normalized spacial score (nSPS) is 9.70. The minimum Gasteiger partial charge on any atom is -0.497 e. The highest BCUT2D eigenvalue weighted by molar-refractivity contribution is 7.13. The number of thiazole rings is 1. The van der Waals surface area contributed by atoms with Gasteiger partial charge in [0.15, 0.2) is 0 Å². The van der Waals surface area contributed by atoms with Crippen molar-refractivity contribution in [1.29, 1.82) is 0 Å². The molecule has 1 amide bonds. The van der Waals surface area contributed by atoms with Crippen molar-refractivity contribution in [3.8, 4) is 16.2 Å². The van der Waals surface area contributed by atoms with Crippen LogP contribution in [0.3, 0.4) is 0 Å². The fraction of sp³-hybridized carbons (Fsp3) is 0.231. The van der Waals surface area contributed by atoms with E-state index < -0.39 is 0 Å². The molecule has 0 unspecified atom stereocenters. The number of hydrogen-bond acceptors (Lipinski definition) is 5. The van der Waals surface area contributed by atoms with Crippen LogP contribution in [0.15, 0.2) is 29.8 Å². The predicted molar refractivity (Wildman–Crippen MR) is 82.7 cm³/mol. The van der Waals surface area contributed by atoms with E-state index in [9.17, 15) is 4.79 Å². The van der Waals surface area contributed by atoms with Gasteiger partial charge in [0.1, 0.15) is 11.4 Å². The van der Waals surface area contributed by atoms with Crippen LogP contribution in [0, 0.1) is 0 Å². The lowest BCUT2D eigenvalue weighted by Gasteiger charge is -2.05. The molecule has 0 aliphatic carbocycles. The molecule has 2 rings (SSSR count). The smallest absolute Gasteiger partial charge is 0.271 e. The third-order valence-corrected chi connectivity index (χ3v) is 3.42. The maximum atomic E-state index is 12.0. The van der Waals surface area contributed by atoms with Crippen LogP contribution in [-0.2, 0) is 0 Å². The number of aromatic nitrogens is 1. The molecule has 0 radical (unpaired) electrons. The number of rotatable bonds is 5. The van der Waals surface area contributed by atoms with Gasteiger partial charge in [-0.3, -0.25) is 4.79 Å². The minimum absolute atomic E-state index is 0. The van der Waals surface area contributed by atoms with E-state index in [2.05, 4.69) is 10.3 Å². The van der Waals surface area contributed by atoms with Crippen molar-refractivity contribution in [2.45, 2.75) is 0 Å². The van der Waals surface area contributed by atoms with Crippen LogP contribution in [0.25, 0.3) is 10.4 Å². The summed E-state index contributed by atoms with van der Waals surface area (Å²) in [6.45, 7) is 0.846. The Balaban J connectivity index is 0.00000200. The van der Waals surface area contributed by atoms with Gasteiger partial charge >= 0.3 is 0 Å². The lowest BCUT2D eigenvalue weighted by Crippen LogP contribution is -2.29. The lowest BCUT2D eigenvalue weighted by molar-refractivity contribution is 0.0951. The van der Waals surface area contributed by atoms with E-state index in [1.165, 1.54) is 11.3 Å². The first-order valence-corrected chi connectivity index (χ1v) is 6.70. The van der Waals surface area contributed by atoms with Gasteiger partial charge in [-0.25, -0.2) is 4.98 Å². The number of nitrogens with one attached hydrogen (secondary N) is 1. The number of carbonyl (C=O) groups is 1. The number of benzene rings is 1. The van der Waals surface area contributed by atoms with Crippen LogP contribution in [0.4, 0.5) is 0 Å². The number of ether oxygens (including phenoxy) is 1. The molecular weight excluding hydrogens is 298 g/mol. The minimum atomic E-state index is -0.204. The number of carbonyl (C=O) groups excluding carboxylic acids is 1. The maximum Gasteiger partial charge on any atom is 0.271 e. The molecule has 0 saturated carbocycles. The largest absolute Gasteiger partial charge is 0.497 e. The van der Waals surface area contributed by atoms with Crippen molar-refractivity contribution in [2.75, 3.05) is 20.2 Å². The summed E-state index contributed by atoms with van der Waals surface area (Å²) < 4.78 is 5.19. The Morgan fingerprint density at radius 3 is 3.00 bits per heavy atom. The van der Waals surface area contributed by atoms with E-state index in [0.717, 1.165) is 16.2 Å². The van der Waals surface area contributed by atoms with Gasteiger partial charge in [0, 0.05) is 13.1 Å². The Labute approximate surface area is 127 Å². The molecule has 7 heteroatoms. The summed E-state index contributed by atoms with van der Waals surface area (Å²) in [4.78, 5) is 16.9. The van der Waals surface area contributed by atoms with Crippen LogP contribution >= 0.6 is 23.7 Å². The molecule has 0 spiro atoms. The molecule has 5 nitrogen and oxygen atoms in total. The molecule has 1 aromatic heterocycles. The number of halogens is 1. The highest BCUT2D eigenvalue weighted by atomic mass is 35.5. The molecule has 20 heavy (non-hydrogen) atoms. The van der Waals surface area contributed by atoms with Gasteiger partial charge in [-0.05, 0) is 17.7 Å². The zero-order chi connectivity index (χ0) is 13.7. The number of nitrogens with two attached hydrogens (primary N) is 1. The van der Waals surface area contributed by atoms with Crippen LogP contribution in [-0.4, -0.2) is 31.1 Å². The highest BCUT2D eigenvalue weighted by Crippen LogP contribution is 2.30. The van der Waals surface area contributed by atoms with Crippen molar-refractivity contribution < 1.29 is 9.53 Å². The molecule has 0 aliphatic heterocycles. The molecule has 0 aliphatic rings. The van der Waals surface area contributed by atoms with Gasteiger partial charge in [0.25, 0.3) is 5.91 Å². The summed E-state index contributed by atoms with van der Waals surface area (Å²) in [6, 6.07) is 7.55. The van der Waals surface area contributed by atoms with Crippen LogP contribution in [0.5, 0.6) is 5.75 Å². The van der Waals surface area contributed by atoms with E-state index in [1.807, 2.05) is 24.3 Å². The zero-order valence-corrected chi connectivity index (χ0v) is 12.6. The van der Waals surface area contributed by atoms with E-state index in [4.69, 9.17) is 10.5 Å². The molecule has 0 atom stereocenters. The molecule has 3 N–H and O–H groups in total. The van der Waals surface area contributed by atoms with Crippen LogP contribution in [0.2, 0.25) is 0 Å². The Hall–Kier alpha value is -1.63. The van der Waals surface area contributed by atoms with Gasteiger partial charge in [-0.1, -0.05) is 12.1 Å². The summed E-state index contributed by atoms with van der Waals surface area (Å²) in [5.74, 6) is 0.545. The summed E-state index contributed by atoms with van der Waals surface area (Å²) >= 11 is 1.42. The topological polar surface area (TPSA) is 77.2 Å². The van der Waals surface area contributed by atoms with Crippen molar-refractivity contribution in [1.82, 2.24) is 10.3 Å². The van der Waals surface area contributed by atoms with E-state index >= 15 is 0 Å². The molecular formula is C13H16ClN3O2S. The predicted octanol–water partition coefficient (Wildman–Crippen LogP) is 1.93. The van der Waals surface area contributed by atoms with Gasteiger partial charge in [0.2, 0.25) is 0 Å². The summed E-state index contributed by atoms with van der Waals surface area (Å²) in [5, 5.41) is 2.72. The second-order valence-electron chi connectivity index (χ2n) is 3.81. The molecule has 2 aromatic rings. The third-order valence-electron chi connectivity index (χ3n) is 2.54. The van der Waals surface area contributed by atoms with Gasteiger partial charge < -0.3 is 15.8 Å². The third kappa shape index (κ3) is 3.69. The standard InChI is InChI=1S/C13H15N3O2S.ClH/c1-18-10-4-2-3-9(7-10)12-11(16-8-19-12)13(17)15-6-5-14;/h2-4,7-8H,5-6,14H2,1H3,(H,15,17);1H. The molecule has 1 aromatic carbocycles. The van der Waals surface area contributed by atoms with Crippen LogP contribution < -0.4 is 15.8 Å². The molecule has 0 saturated heterocycles. The van der Waals surface area contributed by atoms with Crippen LogP contribution in [0.1, 0.15) is 10.5 Å². The molecule has 0 bridgehead atoms. The second kappa shape index (κ2) is 7.84. The van der Waals surface area contributed by atoms with Crippen molar-refractivity contribution in [3.63, 3.8) is 0 Å². The second-order valence-corrected chi connectivity index (χ2v) is 4.66. The average molecular weight is 314 g/mol. The quantitative estimate of drug-likeness (QED) is 0.884. The van der Waals surface area contributed by atoms with Gasteiger partial charge in [0.05, 0.1) is 17.5 Å². The van der Waals surface area contributed by atoms with E-state index in [0.29, 0.717) is 18.8 Å². The van der Waals surface area contributed by atoms with Crippen molar-refractivity contribution >= 4 is 29.7 Å². The first kappa shape index (κ1) is 16.4. The number of methoxy groups -OCH3 is 1. The Morgan fingerprint density at radius 2 is 2.30 bits per heavy atom. The van der Waals surface area contributed by atoms with Crippen molar-refractivity contribution in [3.05, 3.63) is 35.5 Å². The molecule has 0 fully saturated rings. The molecule has 108 valence electrons.